The number of aryl methyl sites for hydroxylation is 1. The van der Waals surface area contributed by atoms with E-state index in [4.69, 9.17) is 5.73 Å². The lowest BCUT2D eigenvalue weighted by molar-refractivity contribution is 0.626. The summed E-state index contributed by atoms with van der Waals surface area (Å²) in [6.45, 7) is 3.52. The van der Waals surface area contributed by atoms with Crippen LogP contribution >= 0.6 is 11.8 Å². The minimum Gasteiger partial charge on any atom is -0.334 e. The van der Waals surface area contributed by atoms with Crippen LogP contribution in [0.4, 0.5) is 0 Å². The minimum absolute atomic E-state index is 0.455. The van der Waals surface area contributed by atoms with Gasteiger partial charge in [0.2, 0.25) is 0 Å². The zero-order valence-corrected chi connectivity index (χ0v) is 11.8. The van der Waals surface area contributed by atoms with Gasteiger partial charge in [0, 0.05) is 30.2 Å². The van der Waals surface area contributed by atoms with Crippen LogP contribution in [0.3, 0.4) is 0 Å². The van der Waals surface area contributed by atoms with Crippen molar-refractivity contribution in [1.82, 2.24) is 24.3 Å². The summed E-state index contributed by atoms with van der Waals surface area (Å²) in [7, 11) is 0. The first-order valence-electron chi connectivity index (χ1n) is 6.59. The molecular formula is C12H18N6S. The normalized spacial score (nSPS) is 15.1. The SMILES string of the molecule is CCn1cncc1CSc1nnc(CN)n1C1CC1. The molecule has 2 aromatic rings. The standard InChI is InChI=1S/C12H18N6S/c1-2-17-8-14-6-10(17)7-19-12-16-15-11(5-13)18(12)9-3-4-9/h6,8-9H,2-5,7,13H2,1H3. The molecular weight excluding hydrogens is 260 g/mol. The molecule has 0 radical (unpaired) electrons. The molecule has 3 rings (SSSR count). The van der Waals surface area contributed by atoms with Gasteiger partial charge in [0.25, 0.3) is 0 Å². The first kappa shape index (κ1) is 12.7. The average Bonchev–Trinajstić information content (AvgIpc) is 3.03. The number of hydrogen-bond donors (Lipinski definition) is 1. The second-order valence-electron chi connectivity index (χ2n) is 4.66. The molecule has 6 nitrogen and oxygen atoms in total. The third-order valence-corrected chi connectivity index (χ3v) is 4.29. The van der Waals surface area contributed by atoms with Crippen molar-refractivity contribution in [2.24, 2.45) is 5.73 Å². The maximum absolute atomic E-state index is 5.72. The number of imidazole rings is 1. The van der Waals surface area contributed by atoms with Gasteiger partial charge in [-0.2, -0.15) is 0 Å². The Morgan fingerprint density at radius 1 is 1.42 bits per heavy atom. The Labute approximate surface area is 116 Å². The van der Waals surface area contributed by atoms with Gasteiger partial charge in [0.05, 0.1) is 12.9 Å². The molecule has 0 aliphatic heterocycles. The van der Waals surface area contributed by atoms with Crippen LogP contribution in [0.1, 0.15) is 37.3 Å². The third kappa shape index (κ3) is 2.52. The highest BCUT2D eigenvalue weighted by atomic mass is 32.2. The fourth-order valence-corrected chi connectivity index (χ4v) is 3.15. The topological polar surface area (TPSA) is 74.6 Å². The van der Waals surface area contributed by atoms with Crippen LogP contribution in [0.2, 0.25) is 0 Å². The molecule has 0 atom stereocenters. The largest absolute Gasteiger partial charge is 0.334 e. The molecule has 1 fully saturated rings. The fourth-order valence-electron chi connectivity index (χ4n) is 2.14. The van der Waals surface area contributed by atoms with E-state index in [0.717, 1.165) is 23.3 Å². The molecule has 0 aromatic carbocycles. The van der Waals surface area contributed by atoms with Gasteiger partial charge in [-0.05, 0) is 19.8 Å². The van der Waals surface area contributed by atoms with Gasteiger partial charge in [-0.15, -0.1) is 10.2 Å². The lowest BCUT2D eigenvalue weighted by Gasteiger charge is -2.08. The van der Waals surface area contributed by atoms with Crippen LogP contribution in [0.25, 0.3) is 0 Å². The van der Waals surface area contributed by atoms with Gasteiger partial charge < -0.3 is 14.9 Å². The number of nitrogens with two attached hydrogens (primary N) is 1. The summed E-state index contributed by atoms with van der Waals surface area (Å²) >= 11 is 1.71. The van der Waals surface area contributed by atoms with Crippen molar-refractivity contribution in [3.05, 3.63) is 24.0 Å². The molecule has 0 amide bonds. The average molecular weight is 278 g/mol. The predicted octanol–water partition coefficient (Wildman–Crippen LogP) is 1.58. The van der Waals surface area contributed by atoms with E-state index < -0.39 is 0 Å². The number of thioether (sulfide) groups is 1. The number of hydrogen-bond acceptors (Lipinski definition) is 5. The molecule has 0 spiro atoms. The molecule has 2 N–H and O–H groups in total. The van der Waals surface area contributed by atoms with Crippen LogP contribution in [-0.2, 0) is 18.8 Å². The Morgan fingerprint density at radius 2 is 2.26 bits per heavy atom. The van der Waals surface area contributed by atoms with E-state index in [1.807, 2.05) is 12.5 Å². The highest BCUT2D eigenvalue weighted by molar-refractivity contribution is 7.98. The van der Waals surface area contributed by atoms with Crippen LogP contribution in [0.5, 0.6) is 0 Å². The van der Waals surface area contributed by atoms with Crippen molar-refractivity contribution >= 4 is 11.8 Å². The van der Waals surface area contributed by atoms with Crippen molar-refractivity contribution in [1.29, 1.82) is 0 Å². The highest BCUT2D eigenvalue weighted by Gasteiger charge is 2.29. The van der Waals surface area contributed by atoms with E-state index in [0.29, 0.717) is 12.6 Å². The summed E-state index contributed by atoms with van der Waals surface area (Å²) in [6.07, 6.45) is 6.21. The van der Waals surface area contributed by atoms with Crippen molar-refractivity contribution in [3.63, 3.8) is 0 Å². The van der Waals surface area contributed by atoms with E-state index in [9.17, 15) is 0 Å². The summed E-state index contributed by atoms with van der Waals surface area (Å²) in [5, 5.41) is 9.43. The zero-order valence-electron chi connectivity index (χ0n) is 11.0. The Bertz CT molecular complexity index is 556. The Hall–Kier alpha value is -1.34. The van der Waals surface area contributed by atoms with E-state index in [-0.39, 0.29) is 0 Å². The molecule has 0 saturated heterocycles. The quantitative estimate of drug-likeness (QED) is 0.812. The summed E-state index contributed by atoms with van der Waals surface area (Å²) in [6, 6.07) is 0.562. The molecule has 1 aliphatic carbocycles. The van der Waals surface area contributed by atoms with Crippen LogP contribution < -0.4 is 5.73 Å². The minimum atomic E-state index is 0.455. The molecule has 2 aromatic heterocycles. The van der Waals surface area contributed by atoms with E-state index in [1.165, 1.54) is 18.5 Å². The van der Waals surface area contributed by atoms with Gasteiger partial charge in [-0.25, -0.2) is 4.98 Å². The maximum Gasteiger partial charge on any atom is 0.191 e. The Kier molecular flexibility index (Phi) is 3.56. The van der Waals surface area contributed by atoms with E-state index in [1.54, 1.807) is 11.8 Å². The predicted molar refractivity (Wildman–Crippen MR) is 73.6 cm³/mol. The van der Waals surface area contributed by atoms with Gasteiger partial charge in [-0.1, -0.05) is 11.8 Å². The Morgan fingerprint density at radius 3 is 2.95 bits per heavy atom. The molecule has 102 valence electrons. The number of rotatable bonds is 6. The molecule has 1 saturated carbocycles. The van der Waals surface area contributed by atoms with Gasteiger partial charge >= 0.3 is 0 Å². The van der Waals surface area contributed by atoms with Gasteiger partial charge in [0.1, 0.15) is 5.82 Å². The van der Waals surface area contributed by atoms with Gasteiger partial charge in [-0.3, -0.25) is 0 Å². The summed E-state index contributed by atoms with van der Waals surface area (Å²) in [5.41, 5.74) is 6.93. The maximum atomic E-state index is 5.72. The first-order chi connectivity index (χ1) is 9.33. The molecule has 2 heterocycles. The van der Waals surface area contributed by atoms with Crippen LogP contribution in [0.15, 0.2) is 17.7 Å². The highest BCUT2D eigenvalue weighted by Crippen LogP contribution is 2.39. The molecule has 1 aliphatic rings. The molecule has 0 unspecified atom stereocenters. The molecule has 19 heavy (non-hydrogen) atoms. The summed E-state index contributed by atoms with van der Waals surface area (Å²) < 4.78 is 4.35. The smallest absolute Gasteiger partial charge is 0.191 e. The molecule has 0 bridgehead atoms. The fraction of sp³-hybridized carbons (Fsp3) is 0.583. The van der Waals surface area contributed by atoms with Gasteiger partial charge in [0.15, 0.2) is 5.16 Å². The lowest BCUT2D eigenvalue weighted by atomic mass is 10.5. The zero-order chi connectivity index (χ0) is 13.2. The lowest BCUT2D eigenvalue weighted by Crippen LogP contribution is -2.08. The van der Waals surface area contributed by atoms with Crippen molar-refractivity contribution < 1.29 is 0 Å². The third-order valence-electron chi connectivity index (χ3n) is 3.32. The van der Waals surface area contributed by atoms with Crippen molar-refractivity contribution in [3.8, 4) is 0 Å². The van der Waals surface area contributed by atoms with Crippen molar-refractivity contribution in [2.45, 2.75) is 49.8 Å². The second kappa shape index (κ2) is 5.34. The summed E-state index contributed by atoms with van der Waals surface area (Å²) in [4.78, 5) is 4.18. The monoisotopic (exact) mass is 278 g/mol. The number of nitrogens with zero attached hydrogens (tertiary/aromatic N) is 5. The van der Waals surface area contributed by atoms with Crippen LogP contribution in [-0.4, -0.2) is 24.3 Å². The van der Waals surface area contributed by atoms with E-state index in [2.05, 4.69) is 31.2 Å². The van der Waals surface area contributed by atoms with Crippen molar-refractivity contribution in [2.75, 3.05) is 0 Å². The summed E-state index contributed by atoms with van der Waals surface area (Å²) in [5.74, 6) is 1.76. The second-order valence-corrected chi connectivity index (χ2v) is 5.61. The first-order valence-corrected chi connectivity index (χ1v) is 7.57. The Balaban J connectivity index is 1.75. The van der Waals surface area contributed by atoms with E-state index >= 15 is 0 Å². The van der Waals surface area contributed by atoms with Crippen LogP contribution in [0, 0.1) is 0 Å². The number of aromatic nitrogens is 5. The molecule has 7 heteroatoms.